The first-order valence-electron chi connectivity index (χ1n) is 6.37. The van der Waals surface area contributed by atoms with Crippen molar-refractivity contribution in [3.05, 3.63) is 28.8 Å². The Morgan fingerprint density at radius 3 is 2.00 bits per heavy atom. The van der Waals surface area contributed by atoms with Crippen molar-refractivity contribution in [2.75, 3.05) is 0 Å². The van der Waals surface area contributed by atoms with Gasteiger partial charge in [0.1, 0.15) is 19.0 Å². The highest BCUT2D eigenvalue weighted by atomic mass is 16.5. The first-order valence-corrected chi connectivity index (χ1v) is 6.37. The Hall–Kier alpha value is -2.37. The number of hydrogen-bond donors (Lipinski definition) is 0. The number of aryl methyl sites for hydroxylation is 1. The van der Waals surface area contributed by atoms with Crippen LogP contribution in [0.4, 0.5) is 0 Å². The minimum atomic E-state index is -0.480. The minimum Gasteiger partial charge on any atom is -0.461 e. The molecule has 1 aromatic carbocycles. The van der Waals surface area contributed by atoms with Crippen molar-refractivity contribution in [1.29, 1.82) is 0 Å². The van der Waals surface area contributed by atoms with Gasteiger partial charge in [-0.1, -0.05) is 12.1 Å². The fourth-order valence-corrected chi connectivity index (χ4v) is 1.72. The molecule has 0 unspecified atom stereocenters. The van der Waals surface area contributed by atoms with E-state index in [9.17, 15) is 14.4 Å². The number of ether oxygens (including phenoxy) is 3. The summed E-state index contributed by atoms with van der Waals surface area (Å²) in [6, 6.07) is 3.48. The van der Waals surface area contributed by atoms with Crippen molar-refractivity contribution < 1.29 is 28.6 Å². The molecule has 0 amide bonds. The molecule has 0 heterocycles. The first kappa shape index (κ1) is 16.7. The molecule has 0 aliphatic rings. The molecule has 0 atom stereocenters. The van der Waals surface area contributed by atoms with E-state index >= 15 is 0 Å². The topological polar surface area (TPSA) is 78.9 Å². The number of esters is 3. The lowest BCUT2D eigenvalue weighted by Gasteiger charge is -2.16. The molecule has 0 aliphatic carbocycles. The van der Waals surface area contributed by atoms with Crippen LogP contribution in [0.2, 0.25) is 0 Å². The largest absolute Gasteiger partial charge is 0.461 e. The number of hydrogen-bond acceptors (Lipinski definition) is 6. The Bertz CT molecular complexity index is 562. The van der Waals surface area contributed by atoms with Gasteiger partial charge in [-0.05, 0) is 18.1 Å². The Morgan fingerprint density at radius 1 is 0.905 bits per heavy atom. The van der Waals surface area contributed by atoms with Gasteiger partial charge in [-0.3, -0.25) is 14.4 Å². The van der Waals surface area contributed by atoms with E-state index in [0.29, 0.717) is 16.9 Å². The third-order valence-electron chi connectivity index (χ3n) is 2.65. The van der Waals surface area contributed by atoms with Crippen LogP contribution in [-0.2, 0) is 37.1 Å². The predicted octanol–water partition coefficient (Wildman–Crippen LogP) is 2.05. The molecule has 21 heavy (non-hydrogen) atoms. The molecule has 0 aromatic heterocycles. The Morgan fingerprint density at radius 2 is 1.48 bits per heavy atom. The van der Waals surface area contributed by atoms with Crippen molar-refractivity contribution in [3.63, 3.8) is 0 Å². The van der Waals surface area contributed by atoms with Crippen LogP contribution in [0.25, 0.3) is 0 Å². The molecule has 0 bridgehead atoms. The normalized spacial score (nSPS) is 9.90. The van der Waals surface area contributed by atoms with Crippen molar-refractivity contribution in [3.8, 4) is 5.75 Å². The number of rotatable bonds is 5. The van der Waals surface area contributed by atoms with Gasteiger partial charge in [0.25, 0.3) is 0 Å². The molecular weight excluding hydrogens is 276 g/mol. The van der Waals surface area contributed by atoms with Crippen molar-refractivity contribution in [2.24, 2.45) is 0 Å². The van der Waals surface area contributed by atoms with Crippen LogP contribution in [0.1, 0.15) is 37.5 Å². The quantitative estimate of drug-likeness (QED) is 0.611. The van der Waals surface area contributed by atoms with Crippen molar-refractivity contribution >= 4 is 17.9 Å². The maximum absolute atomic E-state index is 11.2. The zero-order chi connectivity index (χ0) is 16.0. The van der Waals surface area contributed by atoms with Gasteiger partial charge >= 0.3 is 17.9 Å². The summed E-state index contributed by atoms with van der Waals surface area (Å²) in [5.74, 6) is -1.04. The van der Waals surface area contributed by atoms with E-state index in [1.165, 1.54) is 20.8 Å². The maximum atomic E-state index is 11.2. The molecule has 0 spiro atoms. The van der Waals surface area contributed by atoms with E-state index in [4.69, 9.17) is 14.2 Å². The van der Waals surface area contributed by atoms with Gasteiger partial charge in [0.05, 0.1) is 0 Å². The molecule has 0 aliphatic heterocycles. The molecule has 0 saturated carbocycles. The van der Waals surface area contributed by atoms with E-state index in [0.717, 1.165) is 5.56 Å². The van der Waals surface area contributed by atoms with E-state index in [2.05, 4.69) is 0 Å². The molecule has 6 nitrogen and oxygen atoms in total. The monoisotopic (exact) mass is 294 g/mol. The fraction of sp³-hybridized carbons (Fsp3) is 0.400. The fourth-order valence-electron chi connectivity index (χ4n) is 1.72. The molecule has 1 aromatic rings. The second-order valence-corrected chi connectivity index (χ2v) is 4.50. The van der Waals surface area contributed by atoms with Gasteiger partial charge in [-0.25, -0.2) is 0 Å². The maximum Gasteiger partial charge on any atom is 0.308 e. The van der Waals surface area contributed by atoms with Gasteiger partial charge < -0.3 is 14.2 Å². The zero-order valence-corrected chi connectivity index (χ0v) is 12.5. The first-order chi connectivity index (χ1) is 9.81. The van der Waals surface area contributed by atoms with E-state index in [1.807, 2.05) is 0 Å². The summed E-state index contributed by atoms with van der Waals surface area (Å²) < 4.78 is 15.1. The van der Waals surface area contributed by atoms with Crippen LogP contribution in [0.3, 0.4) is 0 Å². The summed E-state index contributed by atoms with van der Waals surface area (Å²) in [5.41, 5.74) is 1.86. The molecule has 0 radical (unpaired) electrons. The Balaban J connectivity index is 3.18. The van der Waals surface area contributed by atoms with Crippen LogP contribution >= 0.6 is 0 Å². The van der Waals surface area contributed by atoms with E-state index < -0.39 is 17.9 Å². The molecule has 0 fully saturated rings. The molecular formula is C15H18O6. The summed E-state index contributed by atoms with van der Waals surface area (Å²) in [6.07, 6.45) is 0. The lowest BCUT2D eigenvalue weighted by molar-refractivity contribution is -0.144. The van der Waals surface area contributed by atoms with Crippen LogP contribution in [0, 0.1) is 6.92 Å². The average molecular weight is 294 g/mol. The highest BCUT2D eigenvalue weighted by Crippen LogP contribution is 2.29. The number of carbonyl (C=O) groups excluding carboxylic acids is 3. The number of benzene rings is 1. The second-order valence-electron chi connectivity index (χ2n) is 4.50. The average Bonchev–Trinajstić information content (AvgIpc) is 2.37. The smallest absolute Gasteiger partial charge is 0.308 e. The van der Waals surface area contributed by atoms with Gasteiger partial charge in [-0.2, -0.15) is 0 Å². The summed E-state index contributed by atoms with van der Waals surface area (Å²) in [5, 5.41) is 0. The lowest BCUT2D eigenvalue weighted by atomic mass is 10.0. The van der Waals surface area contributed by atoms with Gasteiger partial charge in [-0.15, -0.1) is 0 Å². The van der Waals surface area contributed by atoms with Gasteiger partial charge in [0.15, 0.2) is 0 Å². The SMILES string of the molecule is CC(=O)OCc1ccc(C)c(OC(C)=O)c1COC(C)=O. The Kier molecular flexibility index (Phi) is 5.90. The van der Waals surface area contributed by atoms with Crippen LogP contribution < -0.4 is 4.74 Å². The molecule has 0 N–H and O–H groups in total. The summed E-state index contributed by atoms with van der Waals surface area (Å²) in [6.45, 7) is 5.59. The van der Waals surface area contributed by atoms with Crippen molar-refractivity contribution in [2.45, 2.75) is 40.9 Å². The van der Waals surface area contributed by atoms with Crippen LogP contribution in [-0.4, -0.2) is 17.9 Å². The third-order valence-corrected chi connectivity index (χ3v) is 2.65. The highest BCUT2D eigenvalue weighted by Gasteiger charge is 2.16. The summed E-state index contributed by atoms with van der Waals surface area (Å²) in [4.78, 5) is 33.1. The molecule has 6 heteroatoms. The van der Waals surface area contributed by atoms with Gasteiger partial charge in [0.2, 0.25) is 0 Å². The van der Waals surface area contributed by atoms with Crippen LogP contribution in [0.5, 0.6) is 5.75 Å². The second kappa shape index (κ2) is 7.42. The lowest BCUT2D eigenvalue weighted by Crippen LogP contribution is -2.11. The van der Waals surface area contributed by atoms with E-state index in [-0.39, 0.29) is 13.2 Å². The standard InChI is InChI=1S/C15H18O6/c1-9-5-6-13(7-19-10(2)16)14(8-20-11(3)17)15(9)21-12(4)18/h5-6H,7-8H2,1-4H3. The molecule has 114 valence electrons. The highest BCUT2D eigenvalue weighted by molar-refractivity contribution is 5.71. The van der Waals surface area contributed by atoms with Gasteiger partial charge in [0, 0.05) is 26.3 Å². The summed E-state index contributed by atoms with van der Waals surface area (Å²) in [7, 11) is 0. The van der Waals surface area contributed by atoms with Crippen molar-refractivity contribution in [1.82, 2.24) is 0 Å². The summed E-state index contributed by atoms with van der Waals surface area (Å²) >= 11 is 0. The Labute approximate surface area is 123 Å². The van der Waals surface area contributed by atoms with E-state index in [1.54, 1.807) is 19.1 Å². The predicted molar refractivity (Wildman–Crippen MR) is 73.4 cm³/mol. The number of carbonyl (C=O) groups is 3. The van der Waals surface area contributed by atoms with Crippen LogP contribution in [0.15, 0.2) is 12.1 Å². The molecule has 0 saturated heterocycles. The third kappa shape index (κ3) is 5.25. The minimum absolute atomic E-state index is 0.0144. The zero-order valence-electron chi connectivity index (χ0n) is 12.5. The molecule has 1 rings (SSSR count).